The highest BCUT2D eigenvalue weighted by Gasteiger charge is 2.21. The Kier molecular flexibility index (Phi) is 4.78. The molecule has 1 amide bonds. The van der Waals surface area contributed by atoms with Crippen LogP contribution in [0, 0.1) is 0 Å². The number of halogens is 1. The maximum atomic E-state index is 12.2. The lowest BCUT2D eigenvalue weighted by Gasteiger charge is -2.26. The van der Waals surface area contributed by atoms with Crippen molar-refractivity contribution in [3.63, 3.8) is 0 Å². The third-order valence-corrected chi connectivity index (χ3v) is 2.91. The summed E-state index contributed by atoms with van der Waals surface area (Å²) in [5.41, 5.74) is 6.41. The SMILES string of the molecule is CC(C)N(CCO)C(=O)c1cccc(N)c1Cl. The first-order valence-corrected chi connectivity index (χ1v) is 5.82. The zero-order valence-corrected chi connectivity index (χ0v) is 10.7. The molecule has 0 radical (unpaired) electrons. The van der Waals surface area contributed by atoms with Crippen molar-refractivity contribution in [3.05, 3.63) is 28.8 Å². The smallest absolute Gasteiger partial charge is 0.255 e. The van der Waals surface area contributed by atoms with Crippen molar-refractivity contribution in [2.75, 3.05) is 18.9 Å². The van der Waals surface area contributed by atoms with Crippen LogP contribution in [0.1, 0.15) is 24.2 Å². The van der Waals surface area contributed by atoms with Crippen LogP contribution in [0.15, 0.2) is 18.2 Å². The number of rotatable bonds is 4. The zero-order valence-electron chi connectivity index (χ0n) is 9.98. The highest BCUT2D eigenvalue weighted by atomic mass is 35.5. The number of hydrogen-bond acceptors (Lipinski definition) is 3. The van der Waals surface area contributed by atoms with Crippen molar-refractivity contribution in [3.8, 4) is 0 Å². The molecule has 0 spiro atoms. The van der Waals surface area contributed by atoms with E-state index >= 15 is 0 Å². The summed E-state index contributed by atoms with van der Waals surface area (Å²) in [5, 5.41) is 9.22. The van der Waals surface area contributed by atoms with E-state index in [1.807, 2.05) is 13.8 Å². The van der Waals surface area contributed by atoms with Crippen LogP contribution in [-0.2, 0) is 0 Å². The molecule has 0 aromatic heterocycles. The number of aliphatic hydroxyl groups is 1. The summed E-state index contributed by atoms with van der Waals surface area (Å²) in [5.74, 6) is -0.216. The average molecular weight is 257 g/mol. The molecule has 3 N–H and O–H groups in total. The van der Waals surface area contributed by atoms with Gasteiger partial charge in [-0.2, -0.15) is 0 Å². The number of carbonyl (C=O) groups is 1. The summed E-state index contributed by atoms with van der Waals surface area (Å²) in [4.78, 5) is 13.8. The number of hydrogen-bond donors (Lipinski definition) is 2. The second kappa shape index (κ2) is 5.89. The van der Waals surface area contributed by atoms with Gasteiger partial charge in [-0.3, -0.25) is 4.79 Å². The molecule has 94 valence electrons. The number of benzene rings is 1. The van der Waals surface area contributed by atoms with E-state index in [0.29, 0.717) is 11.3 Å². The van der Waals surface area contributed by atoms with Crippen LogP contribution in [0.25, 0.3) is 0 Å². The summed E-state index contributed by atoms with van der Waals surface area (Å²) in [6.07, 6.45) is 0. The third kappa shape index (κ3) is 3.11. The van der Waals surface area contributed by atoms with Crippen molar-refractivity contribution in [2.45, 2.75) is 19.9 Å². The number of amides is 1. The Bertz CT molecular complexity index is 407. The predicted octanol–water partition coefficient (Wildman–Crippen LogP) is 1.77. The second-order valence-corrected chi connectivity index (χ2v) is 4.40. The molecule has 0 unspecified atom stereocenters. The summed E-state index contributed by atoms with van der Waals surface area (Å²) < 4.78 is 0. The van der Waals surface area contributed by atoms with Gasteiger partial charge < -0.3 is 15.7 Å². The van der Waals surface area contributed by atoms with Crippen LogP contribution in [0.3, 0.4) is 0 Å². The first-order chi connectivity index (χ1) is 7.99. The van der Waals surface area contributed by atoms with Gasteiger partial charge in [0.1, 0.15) is 0 Å². The molecule has 0 heterocycles. The van der Waals surface area contributed by atoms with Crippen molar-refractivity contribution in [1.29, 1.82) is 0 Å². The maximum absolute atomic E-state index is 12.2. The van der Waals surface area contributed by atoms with Crippen molar-refractivity contribution in [1.82, 2.24) is 4.90 Å². The van der Waals surface area contributed by atoms with Gasteiger partial charge in [0.15, 0.2) is 0 Å². The fraction of sp³-hybridized carbons (Fsp3) is 0.417. The molecule has 0 bridgehead atoms. The normalized spacial score (nSPS) is 10.6. The fourth-order valence-electron chi connectivity index (χ4n) is 1.57. The minimum absolute atomic E-state index is 0.00727. The van der Waals surface area contributed by atoms with Crippen LogP contribution in [0.4, 0.5) is 5.69 Å². The van der Waals surface area contributed by atoms with Crippen molar-refractivity contribution < 1.29 is 9.90 Å². The van der Waals surface area contributed by atoms with Gasteiger partial charge in [-0.05, 0) is 26.0 Å². The Hall–Kier alpha value is -1.26. The topological polar surface area (TPSA) is 66.6 Å². The number of nitrogen functional groups attached to an aromatic ring is 1. The standard InChI is InChI=1S/C12H17ClN2O2/c1-8(2)15(6-7-16)12(17)9-4-3-5-10(14)11(9)13/h3-5,8,16H,6-7,14H2,1-2H3. The largest absolute Gasteiger partial charge is 0.398 e. The lowest BCUT2D eigenvalue weighted by atomic mass is 10.1. The fourth-order valence-corrected chi connectivity index (χ4v) is 1.78. The van der Waals surface area contributed by atoms with Crippen LogP contribution in [0.2, 0.25) is 5.02 Å². The predicted molar refractivity (Wildman–Crippen MR) is 69.1 cm³/mol. The number of aliphatic hydroxyl groups excluding tert-OH is 1. The van der Waals surface area contributed by atoms with E-state index < -0.39 is 0 Å². The van der Waals surface area contributed by atoms with Gasteiger partial charge >= 0.3 is 0 Å². The molecule has 1 aromatic carbocycles. The molecule has 0 saturated heterocycles. The van der Waals surface area contributed by atoms with Gasteiger partial charge in [-0.1, -0.05) is 17.7 Å². The molecular weight excluding hydrogens is 240 g/mol. The number of anilines is 1. The minimum atomic E-state index is -0.216. The van der Waals surface area contributed by atoms with Gasteiger partial charge in [-0.15, -0.1) is 0 Å². The number of nitrogens with zero attached hydrogens (tertiary/aromatic N) is 1. The lowest BCUT2D eigenvalue weighted by Crippen LogP contribution is -2.39. The van der Waals surface area contributed by atoms with E-state index in [9.17, 15) is 4.79 Å². The molecule has 5 heteroatoms. The van der Waals surface area contributed by atoms with E-state index in [-0.39, 0.29) is 30.1 Å². The van der Waals surface area contributed by atoms with E-state index in [1.54, 1.807) is 23.1 Å². The quantitative estimate of drug-likeness (QED) is 0.807. The summed E-state index contributed by atoms with van der Waals surface area (Å²) in [6, 6.07) is 4.96. The molecule has 0 aliphatic rings. The van der Waals surface area contributed by atoms with Crippen LogP contribution < -0.4 is 5.73 Å². The lowest BCUT2D eigenvalue weighted by molar-refractivity contribution is 0.0665. The molecule has 1 rings (SSSR count). The van der Waals surface area contributed by atoms with E-state index in [2.05, 4.69) is 0 Å². The van der Waals surface area contributed by atoms with Crippen LogP contribution in [-0.4, -0.2) is 35.1 Å². The van der Waals surface area contributed by atoms with Crippen LogP contribution in [0.5, 0.6) is 0 Å². The molecular formula is C12H17ClN2O2. The molecule has 1 aromatic rings. The highest BCUT2D eigenvalue weighted by molar-refractivity contribution is 6.36. The van der Waals surface area contributed by atoms with Gasteiger partial charge in [0.05, 0.1) is 22.9 Å². The molecule has 0 atom stereocenters. The average Bonchev–Trinajstić information content (AvgIpc) is 2.28. The Morgan fingerprint density at radius 1 is 1.53 bits per heavy atom. The molecule has 0 aliphatic heterocycles. The van der Waals surface area contributed by atoms with E-state index in [0.717, 1.165) is 0 Å². The van der Waals surface area contributed by atoms with Gasteiger partial charge in [0.25, 0.3) is 5.91 Å². The third-order valence-electron chi connectivity index (χ3n) is 2.48. The minimum Gasteiger partial charge on any atom is -0.398 e. The van der Waals surface area contributed by atoms with Crippen LogP contribution >= 0.6 is 11.6 Å². The molecule has 0 aliphatic carbocycles. The van der Waals surface area contributed by atoms with Gasteiger partial charge in [0.2, 0.25) is 0 Å². The first kappa shape index (κ1) is 13.8. The molecule has 0 saturated carbocycles. The van der Waals surface area contributed by atoms with Crippen molar-refractivity contribution >= 4 is 23.2 Å². The summed E-state index contributed by atoms with van der Waals surface area (Å²) >= 11 is 6.00. The molecule has 4 nitrogen and oxygen atoms in total. The summed E-state index contributed by atoms with van der Waals surface area (Å²) in [6.45, 7) is 3.97. The highest BCUT2D eigenvalue weighted by Crippen LogP contribution is 2.24. The Morgan fingerprint density at radius 3 is 2.71 bits per heavy atom. The maximum Gasteiger partial charge on any atom is 0.255 e. The van der Waals surface area contributed by atoms with Crippen molar-refractivity contribution in [2.24, 2.45) is 0 Å². The number of carbonyl (C=O) groups excluding carboxylic acids is 1. The molecule has 0 fully saturated rings. The second-order valence-electron chi connectivity index (χ2n) is 4.02. The monoisotopic (exact) mass is 256 g/mol. The van der Waals surface area contributed by atoms with E-state index in [1.165, 1.54) is 0 Å². The number of nitrogens with two attached hydrogens (primary N) is 1. The zero-order chi connectivity index (χ0) is 13.0. The Labute approximate surface area is 106 Å². The van der Waals surface area contributed by atoms with E-state index in [4.69, 9.17) is 22.4 Å². The van der Waals surface area contributed by atoms with Gasteiger partial charge in [0, 0.05) is 12.6 Å². The Balaban J connectivity index is 3.05. The summed E-state index contributed by atoms with van der Waals surface area (Å²) in [7, 11) is 0. The Morgan fingerprint density at radius 2 is 2.18 bits per heavy atom. The molecule has 17 heavy (non-hydrogen) atoms. The first-order valence-electron chi connectivity index (χ1n) is 5.44. The van der Waals surface area contributed by atoms with Gasteiger partial charge in [-0.25, -0.2) is 0 Å².